The number of phenolic OH excluding ortho intramolecular Hbond substituents is 1. The Balaban J connectivity index is 0.00000384. The Kier molecular flexibility index (Phi) is 7.72. The fourth-order valence-electron chi connectivity index (χ4n) is 7.69. The van der Waals surface area contributed by atoms with Crippen LogP contribution < -0.4 is 4.74 Å². The minimum absolute atomic E-state index is 0. The van der Waals surface area contributed by atoms with E-state index in [0.29, 0.717) is 29.1 Å². The van der Waals surface area contributed by atoms with E-state index in [1.165, 1.54) is 12.1 Å². The molecule has 234 valence electrons. The maximum Gasteiger partial charge on any atom is 0.217 e. The van der Waals surface area contributed by atoms with Gasteiger partial charge in [0.15, 0.2) is 0 Å². The minimum atomic E-state index is -1.06. The van der Waals surface area contributed by atoms with E-state index in [0.717, 1.165) is 23.8 Å². The second kappa shape index (κ2) is 10.6. The van der Waals surface area contributed by atoms with Gasteiger partial charge in [-0.1, -0.05) is 57.9 Å². The molecule has 0 saturated heterocycles. The number of nitrogens with zero attached hydrogens (tertiary/aromatic N) is 2. The molecule has 4 aromatic rings. The second-order valence-electron chi connectivity index (χ2n) is 13.6. The van der Waals surface area contributed by atoms with Crippen molar-refractivity contribution in [2.24, 2.45) is 15.8 Å². The van der Waals surface area contributed by atoms with Crippen molar-refractivity contribution in [2.45, 2.75) is 72.4 Å². The van der Waals surface area contributed by atoms with Crippen molar-refractivity contribution in [1.82, 2.24) is 4.98 Å². The first-order valence-electron chi connectivity index (χ1n) is 14.3. The van der Waals surface area contributed by atoms with E-state index in [2.05, 4.69) is 52.6 Å². The minimum Gasteiger partial charge on any atom is -0.510 e. The van der Waals surface area contributed by atoms with Crippen LogP contribution in [-0.2, 0) is 25.8 Å². The molecule has 0 spiro atoms. The summed E-state index contributed by atoms with van der Waals surface area (Å²) in [6, 6.07) is 14.3. The van der Waals surface area contributed by atoms with E-state index in [-0.39, 0.29) is 54.8 Å². The summed E-state index contributed by atoms with van der Waals surface area (Å²) in [6.45, 7) is 14.7. The van der Waals surface area contributed by atoms with Crippen LogP contribution in [0.1, 0.15) is 65.5 Å². The molecule has 0 amide bonds. The van der Waals surface area contributed by atoms with Crippen LogP contribution in [0.3, 0.4) is 0 Å². The van der Waals surface area contributed by atoms with Gasteiger partial charge in [0.25, 0.3) is 0 Å². The van der Waals surface area contributed by atoms with E-state index >= 15 is 8.78 Å². The summed E-state index contributed by atoms with van der Waals surface area (Å²) in [4.78, 5) is 9.56. The van der Waals surface area contributed by atoms with Gasteiger partial charge in [0.05, 0.1) is 5.54 Å². The number of aryl methyl sites for hydroxylation is 1. The molecule has 1 aromatic heterocycles. The van der Waals surface area contributed by atoms with Gasteiger partial charge in [-0.2, -0.15) is 0 Å². The average molecular weight is 783 g/mol. The van der Waals surface area contributed by atoms with Crippen molar-refractivity contribution in [2.75, 3.05) is 0 Å². The molecule has 1 N–H and O–H groups in total. The Hall–Kier alpha value is -3.38. The zero-order chi connectivity index (χ0) is 31.1. The van der Waals surface area contributed by atoms with Crippen LogP contribution in [0.25, 0.3) is 22.0 Å². The van der Waals surface area contributed by atoms with Crippen molar-refractivity contribution in [3.05, 3.63) is 83.2 Å². The van der Waals surface area contributed by atoms with Gasteiger partial charge in [-0.05, 0) is 50.5 Å². The molecule has 2 heterocycles. The van der Waals surface area contributed by atoms with Crippen molar-refractivity contribution in [3.8, 4) is 28.5 Å². The number of rotatable bonds is 4. The Bertz CT molecular complexity index is 1810. The summed E-state index contributed by atoms with van der Waals surface area (Å²) in [5.41, 5.74) is -0.541. The molecule has 44 heavy (non-hydrogen) atoms. The van der Waals surface area contributed by atoms with Gasteiger partial charge >= 0.3 is 0 Å². The summed E-state index contributed by atoms with van der Waals surface area (Å²) >= 11 is 0. The van der Waals surface area contributed by atoms with Gasteiger partial charge in [0.1, 0.15) is 40.2 Å². The summed E-state index contributed by atoms with van der Waals surface area (Å²) in [7, 11) is 0. The van der Waals surface area contributed by atoms with Gasteiger partial charge in [-0.25, -0.2) is 18.2 Å². The summed E-state index contributed by atoms with van der Waals surface area (Å²) in [5, 5.41) is 11.2. The van der Waals surface area contributed by atoms with Crippen molar-refractivity contribution < 1.29 is 48.8 Å². The van der Waals surface area contributed by atoms with Crippen LogP contribution in [0.15, 0.2) is 53.5 Å². The van der Waals surface area contributed by atoms with Crippen molar-refractivity contribution in [3.63, 3.8) is 0 Å². The monoisotopic (exact) mass is 782 g/mol. The predicted molar refractivity (Wildman–Crippen MR) is 160 cm³/mol. The van der Waals surface area contributed by atoms with Crippen LogP contribution >= 0.6 is 0 Å². The second-order valence-corrected chi connectivity index (χ2v) is 13.6. The normalized spacial score (nSPS) is 22.3. The van der Waals surface area contributed by atoms with E-state index < -0.39 is 34.2 Å². The first-order chi connectivity index (χ1) is 20.0. The topological polar surface area (TPSA) is 63.9 Å². The number of benzene rings is 3. The number of phenols is 1. The molecular weight excluding hydrogens is 748 g/mol. The number of fused-ring (bicyclic) bond motifs is 2. The molecule has 1 saturated carbocycles. The smallest absolute Gasteiger partial charge is 0.217 e. The standard InChI is InChI=1S/C35H34F3N2O3.Pt/c1-19-12-20-8-9-28(39-30(20)27(41)13-19)42-24-15-21(29-25(37)17-23(36)18-26(29)38)14-22(16-24)31-40-34(7)11-10-33(5,6)35(34,43-31)32(2,3)4;/h8-9,12-15,17-18,41H,10-11H2,1-7H3;/q-1;/t34-,35+;/m0./s1. The summed E-state index contributed by atoms with van der Waals surface area (Å²) in [5.74, 6) is -2.63. The Morgan fingerprint density at radius 1 is 0.955 bits per heavy atom. The molecule has 0 bridgehead atoms. The van der Waals surface area contributed by atoms with Crippen molar-refractivity contribution >= 4 is 16.8 Å². The Morgan fingerprint density at radius 3 is 2.27 bits per heavy atom. The molecule has 9 heteroatoms. The summed E-state index contributed by atoms with van der Waals surface area (Å²) in [6.07, 6.45) is 1.72. The number of hydrogen-bond acceptors (Lipinski definition) is 5. The van der Waals surface area contributed by atoms with E-state index in [1.54, 1.807) is 18.2 Å². The zero-order valence-corrected chi connectivity index (χ0v) is 27.9. The molecule has 1 aliphatic heterocycles. The molecule has 0 radical (unpaired) electrons. The number of aromatic hydroxyl groups is 1. The van der Waals surface area contributed by atoms with E-state index in [4.69, 9.17) is 14.5 Å². The maximum absolute atomic E-state index is 15.1. The van der Waals surface area contributed by atoms with Crippen LogP contribution in [0.2, 0.25) is 0 Å². The number of pyridine rings is 1. The largest absolute Gasteiger partial charge is 0.510 e. The number of aromatic nitrogens is 1. The molecule has 1 aliphatic carbocycles. The number of ether oxygens (including phenoxy) is 2. The van der Waals surface area contributed by atoms with Crippen molar-refractivity contribution in [1.29, 1.82) is 0 Å². The van der Waals surface area contributed by atoms with Crippen LogP contribution in [0, 0.1) is 41.3 Å². The fraction of sp³-hybridized carbons (Fsp3) is 0.371. The molecule has 2 aliphatic rings. The molecule has 6 rings (SSSR count). The molecule has 5 nitrogen and oxygen atoms in total. The van der Waals surface area contributed by atoms with Gasteiger partial charge in [0.2, 0.25) is 5.88 Å². The van der Waals surface area contributed by atoms with E-state index in [9.17, 15) is 9.50 Å². The van der Waals surface area contributed by atoms with E-state index in [1.807, 2.05) is 13.0 Å². The third-order valence-corrected chi connectivity index (χ3v) is 9.08. The summed E-state index contributed by atoms with van der Waals surface area (Å²) < 4.78 is 56.9. The molecular formula is C35H34F3N2O3Pt-. The Labute approximate surface area is 269 Å². The quantitative estimate of drug-likeness (QED) is 0.210. The Morgan fingerprint density at radius 2 is 1.64 bits per heavy atom. The third kappa shape index (κ3) is 4.90. The maximum atomic E-state index is 15.1. The van der Waals surface area contributed by atoms with Gasteiger partial charge in [0, 0.05) is 66.8 Å². The molecule has 2 atom stereocenters. The first-order valence-corrected chi connectivity index (χ1v) is 14.3. The predicted octanol–water partition coefficient (Wildman–Crippen LogP) is 9.06. The molecule has 0 unspecified atom stereocenters. The number of aliphatic imine (C=N–C) groups is 1. The van der Waals surface area contributed by atoms with Crippen LogP contribution in [0.4, 0.5) is 13.2 Å². The van der Waals surface area contributed by atoms with Crippen LogP contribution in [-0.4, -0.2) is 27.1 Å². The SMILES string of the molecule is Cc1cc(O)c2nc(Oc3[c-]c(C4=N[C@@]5(C)CCC(C)(C)[C@@]5(C(C)(C)C)O4)cc(-c4c(F)cc(F)cc4F)c3)ccc2c1.[Pt]. The fourth-order valence-corrected chi connectivity index (χ4v) is 7.69. The third-order valence-electron chi connectivity index (χ3n) is 9.08. The van der Waals surface area contributed by atoms with Crippen LogP contribution in [0.5, 0.6) is 17.4 Å². The zero-order valence-electron chi connectivity index (χ0n) is 25.6. The van der Waals surface area contributed by atoms with Gasteiger partial charge < -0.3 is 14.6 Å². The average Bonchev–Trinajstić information content (AvgIpc) is 3.32. The van der Waals surface area contributed by atoms with Gasteiger partial charge in [-0.15, -0.1) is 6.07 Å². The molecule has 3 aromatic carbocycles. The number of halogens is 3. The number of hydrogen-bond donors (Lipinski definition) is 1. The first kappa shape index (κ1) is 32.0. The molecule has 1 fully saturated rings. The van der Waals surface area contributed by atoms with Gasteiger partial charge in [-0.3, -0.25) is 4.99 Å².